The summed E-state index contributed by atoms with van der Waals surface area (Å²) < 4.78 is 43.3. The summed E-state index contributed by atoms with van der Waals surface area (Å²) >= 11 is 0. The summed E-state index contributed by atoms with van der Waals surface area (Å²) in [6, 6.07) is 4.82. The van der Waals surface area contributed by atoms with Crippen LogP contribution in [0, 0.1) is 0 Å². The number of aromatic nitrogens is 2. The van der Waals surface area contributed by atoms with Crippen molar-refractivity contribution in [3.63, 3.8) is 0 Å². The molecule has 128 valence electrons. The number of nitrogens with zero attached hydrogens (tertiary/aromatic N) is 4. The number of rotatable bonds is 5. The van der Waals surface area contributed by atoms with E-state index in [1.165, 1.54) is 17.0 Å². The standard InChI is InChI=1S/C13H13F3N6O2/c14-13(15,16)8-2-1-3-9(6-8)22-7-23-21-12(22)10-11(18-5-4-17)20-24-19-10/h1-3,6H,4-5,7,17H2,(H,18,20). The number of anilines is 2. The smallest absolute Gasteiger partial charge is 0.371 e. The van der Waals surface area contributed by atoms with Crippen LogP contribution >= 0.6 is 0 Å². The highest BCUT2D eigenvalue weighted by Gasteiger charge is 2.33. The van der Waals surface area contributed by atoms with E-state index >= 15 is 0 Å². The van der Waals surface area contributed by atoms with Crippen molar-refractivity contribution in [1.29, 1.82) is 0 Å². The number of halogens is 3. The highest BCUT2D eigenvalue weighted by Crippen LogP contribution is 2.33. The van der Waals surface area contributed by atoms with Crippen molar-refractivity contribution in [3.8, 4) is 0 Å². The summed E-state index contributed by atoms with van der Waals surface area (Å²) in [5, 5.41) is 14.1. The SMILES string of the molecule is NCCNc1nonc1C1=NOCN1c1cccc(C(F)(F)F)c1. The van der Waals surface area contributed by atoms with Gasteiger partial charge in [-0.2, -0.15) is 13.2 Å². The molecule has 1 aliphatic heterocycles. The van der Waals surface area contributed by atoms with Gasteiger partial charge in [-0.15, -0.1) is 0 Å². The van der Waals surface area contributed by atoms with E-state index in [0.29, 0.717) is 13.1 Å². The summed E-state index contributed by atoms with van der Waals surface area (Å²) in [6.07, 6.45) is -4.45. The molecule has 1 aliphatic rings. The number of nitrogens with two attached hydrogens (primary N) is 1. The molecule has 1 aromatic heterocycles. The summed E-state index contributed by atoms with van der Waals surface area (Å²) in [6.45, 7) is 0.714. The Morgan fingerprint density at radius 2 is 2.12 bits per heavy atom. The van der Waals surface area contributed by atoms with Gasteiger partial charge in [-0.1, -0.05) is 11.2 Å². The fraction of sp³-hybridized carbons (Fsp3) is 0.308. The Kier molecular flexibility index (Phi) is 4.25. The second kappa shape index (κ2) is 6.35. The van der Waals surface area contributed by atoms with Gasteiger partial charge in [0.05, 0.1) is 5.56 Å². The van der Waals surface area contributed by atoms with Crippen molar-refractivity contribution in [2.45, 2.75) is 6.18 Å². The third kappa shape index (κ3) is 3.11. The fourth-order valence-corrected chi connectivity index (χ4v) is 2.12. The van der Waals surface area contributed by atoms with E-state index < -0.39 is 11.7 Å². The lowest BCUT2D eigenvalue weighted by molar-refractivity contribution is -0.137. The predicted molar refractivity (Wildman–Crippen MR) is 78.3 cm³/mol. The summed E-state index contributed by atoms with van der Waals surface area (Å²) in [4.78, 5) is 6.44. The number of nitrogens with one attached hydrogen (secondary N) is 1. The molecular weight excluding hydrogens is 329 g/mol. The molecule has 0 saturated heterocycles. The van der Waals surface area contributed by atoms with Crippen molar-refractivity contribution in [3.05, 3.63) is 35.5 Å². The maximum absolute atomic E-state index is 12.9. The van der Waals surface area contributed by atoms with Crippen molar-refractivity contribution in [2.75, 3.05) is 30.0 Å². The van der Waals surface area contributed by atoms with Gasteiger partial charge in [0.1, 0.15) is 0 Å². The van der Waals surface area contributed by atoms with Gasteiger partial charge in [0.15, 0.2) is 12.4 Å². The maximum Gasteiger partial charge on any atom is 0.416 e. The molecule has 0 bridgehead atoms. The molecule has 2 heterocycles. The van der Waals surface area contributed by atoms with E-state index in [2.05, 4.69) is 25.4 Å². The van der Waals surface area contributed by atoms with Crippen LogP contribution in [0.2, 0.25) is 0 Å². The molecule has 3 N–H and O–H groups in total. The van der Waals surface area contributed by atoms with Crippen LogP contribution in [0.3, 0.4) is 0 Å². The number of alkyl halides is 3. The van der Waals surface area contributed by atoms with Gasteiger partial charge in [-0.05, 0) is 28.5 Å². The van der Waals surface area contributed by atoms with Crippen molar-refractivity contribution >= 4 is 17.3 Å². The minimum absolute atomic E-state index is 0.0557. The monoisotopic (exact) mass is 342 g/mol. The molecule has 0 atom stereocenters. The van der Waals surface area contributed by atoms with Gasteiger partial charge in [-0.3, -0.25) is 4.90 Å². The van der Waals surface area contributed by atoms with Crippen molar-refractivity contribution < 1.29 is 22.6 Å². The first kappa shape index (κ1) is 16.1. The van der Waals surface area contributed by atoms with Crippen LogP contribution in [0.25, 0.3) is 0 Å². The number of amidine groups is 1. The van der Waals surface area contributed by atoms with Crippen LogP contribution in [0.4, 0.5) is 24.7 Å². The number of oxime groups is 1. The average molecular weight is 342 g/mol. The summed E-state index contributed by atoms with van der Waals surface area (Å²) in [5.41, 5.74) is 5.12. The molecule has 0 unspecified atom stereocenters. The van der Waals surface area contributed by atoms with Gasteiger partial charge < -0.3 is 15.9 Å². The molecule has 2 aromatic rings. The van der Waals surface area contributed by atoms with Gasteiger partial charge in [0.25, 0.3) is 0 Å². The molecule has 0 fully saturated rings. The van der Waals surface area contributed by atoms with Crippen molar-refractivity contribution in [1.82, 2.24) is 10.3 Å². The molecule has 0 amide bonds. The number of benzene rings is 1. The number of hydrogen-bond donors (Lipinski definition) is 2. The van der Waals surface area contributed by atoms with Crippen LogP contribution in [-0.2, 0) is 11.0 Å². The lowest BCUT2D eigenvalue weighted by Gasteiger charge is -2.18. The lowest BCUT2D eigenvalue weighted by atomic mass is 10.1. The topological polar surface area (TPSA) is 102 Å². The molecule has 0 radical (unpaired) electrons. The van der Waals surface area contributed by atoms with Crippen molar-refractivity contribution in [2.24, 2.45) is 10.9 Å². The Labute approximate surface area is 134 Å². The Bertz CT molecular complexity index is 745. The Morgan fingerprint density at radius 3 is 2.88 bits per heavy atom. The second-order valence-corrected chi connectivity index (χ2v) is 4.83. The van der Waals surface area contributed by atoms with Gasteiger partial charge in [0.2, 0.25) is 11.7 Å². The molecule has 11 heteroatoms. The largest absolute Gasteiger partial charge is 0.416 e. The predicted octanol–water partition coefficient (Wildman–Crippen LogP) is 1.61. The van der Waals surface area contributed by atoms with E-state index in [1.807, 2.05) is 0 Å². The van der Waals surface area contributed by atoms with E-state index in [0.717, 1.165) is 12.1 Å². The molecule has 1 aromatic carbocycles. The maximum atomic E-state index is 12.9. The number of hydrogen-bond acceptors (Lipinski definition) is 8. The second-order valence-electron chi connectivity index (χ2n) is 4.83. The zero-order valence-corrected chi connectivity index (χ0v) is 12.2. The quantitative estimate of drug-likeness (QED) is 0.851. The highest BCUT2D eigenvalue weighted by atomic mass is 19.4. The zero-order valence-electron chi connectivity index (χ0n) is 12.2. The molecule has 0 saturated carbocycles. The minimum atomic E-state index is -4.45. The fourth-order valence-electron chi connectivity index (χ4n) is 2.12. The minimum Gasteiger partial charge on any atom is -0.371 e. The molecule has 0 spiro atoms. The normalized spacial score (nSPS) is 14.5. The first-order valence-corrected chi connectivity index (χ1v) is 6.92. The first-order valence-electron chi connectivity index (χ1n) is 6.92. The summed E-state index contributed by atoms with van der Waals surface area (Å²) in [5.74, 6) is 0.469. The van der Waals surface area contributed by atoms with Gasteiger partial charge in [-0.25, -0.2) is 4.63 Å². The molecule has 8 nitrogen and oxygen atoms in total. The van der Waals surface area contributed by atoms with Crippen LogP contribution in [-0.4, -0.2) is 36.0 Å². The van der Waals surface area contributed by atoms with Crippen LogP contribution in [0.15, 0.2) is 34.1 Å². The van der Waals surface area contributed by atoms with Crippen LogP contribution in [0.1, 0.15) is 11.3 Å². The summed E-state index contributed by atoms with van der Waals surface area (Å²) in [7, 11) is 0. The lowest BCUT2D eigenvalue weighted by Crippen LogP contribution is -2.29. The van der Waals surface area contributed by atoms with E-state index in [9.17, 15) is 13.2 Å². The van der Waals surface area contributed by atoms with E-state index in [1.54, 1.807) is 0 Å². The zero-order chi connectivity index (χ0) is 17.2. The third-order valence-corrected chi connectivity index (χ3v) is 3.22. The van der Waals surface area contributed by atoms with E-state index in [-0.39, 0.29) is 29.8 Å². The molecule has 0 aliphatic carbocycles. The molecule has 3 rings (SSSR count). The molecular formula is C13H13F3N6O2. The Hall–Kier alpha value is -2.82. The van der Waals surface area contributed by atoms with Gasteiger partial charge in [0, 0.05) is 18.8 Å². The first-order chi connectivity index (χ1) is 11.5. The Balaban J connectivity index is 1.90. The molecule has 24 heavy (non-hydrogen) atoms. The van der Waals surface area contributed by atoms with Crippen LogP contribution in [0.5, 0.6) is 0 Å². The van der Waals surface area contributed by atoms with E-state index in [4.69, 9.17) is 10.6 Å². The van der Waals surface area contributed by atoms with Gasteiger partial charge >= 0.3 is 6.18 Å². The highest BCUT2D eigenvalue weighted by molar-refractivity contribution is 6.11. The third-order valence-electron chi connectivity index (χ3n) is 3.22. The van der Waals surface area contributed by atoms with Crippen LogP contribution < -0.4 is 16.0 Å². The Morgan fingerprint density at radius 1 is 1.29 bits per heavy atom. The average Bonchev–Trinajstić information content (AvgIpc) is 3.20.